The number of aromatic nitrogens is 3. The summed E-state index contributed by atoms with van der Waals surface area (Å²) in [6.07, 6.45) is 5.85. The Morgan fingerprint density at radius 3 is 2.58 bits per heavy atom. The molecule has 0 aliphatic heterocycles. The molecule has 4 aromatic rings. The number of benzene rings is 2. The van der Waals surface area contributed by atoms with Crippen LogP contribution in [-0.2, 0) is 12.8 Å². The summed E-state index contributed by atoms with van der Waals surface area (Å²) in [6.45, 7) is 2.58. The maximum Gasteiger partial charge on any atom is 0.307 e. The van der Waals surface area contributed by atoms with Gasteiger partial charge in [-0.05, 0) is 30.7 Å². The predicted molar refractivity (Wildman–Crippen MR) is 120 cm³/mol. The molecule has 2 aromatic carbocycles. The average molecular weight is 438 g/mol. The lowest BCUT2D eigenvalue weighted by molar-refractivity contribution is 0.286. The second kappa shape index (κ2) is 9.71. The first kappa shape index (κ1) is 21.0. The van der Waals surface area contributed by atoms with Crippen LogP contribution in [0.15, 0.2) is 65.3 Å². The van der Waals surface area contributed by atoms with Crippen molar-refractivity contribution in [2.45, 2.75) is 26.2 Å². The summed E-state index contributed by atoms with van der Waals surface area (Å²) in [7, 11) is 1.64. The molecule has 0 spiro atoms. The Morgan fingerprint density at radius 1 is 1.06 bits per heavy atom. The molecule has 7 heteroatoms. The van der Waals surface area contributed by atoms with E-state index in [-0.39, 0.29) is 0 Å². The fourth-order valence-corrected chi connectivity index (χ4v) is 3.49. The number of hydrogen-bond donors (Lipinski definition) is 0. The van der Waals surface area contributed by atoms with Gasteiger partial charge < -0.3 is 13.9 Å². The van der Waals surface area contributed by atoms with Crippen LogP contribution in [0.5, 0.6) is 11.5 Å². The van der Waals surface area contributed by atoms with E-state index >= 15 is 0 Å². The SMILES string of the molecule is CCc1nccn1-c1nc(-c2ccc(Cl)cc2)c(CCCOc2ccccc2OC)o1. The van der Waals surface area contributed by atoms with Crippen LogP contribution in [0.4, 0.5) is 0 Å². The first-order valence-corrected chi connectivity index (χ1v) is 10.6. The van der Waals surface area contributed by atoms with E-state index in [0.717, 1.165) is 47.2 Å². The third-order valence-corrected chi connectivity index (χ3v) is 5.17. The Balaban J connectivity index is 1.54. The van der Waals surface area contributed by atoms with Gasteiger partial charge in [-0.2, -0.15) is 4.98 Å². The molecule has 0 unspecified atom stereocenters. The summed E-state index contributed by atoms with van der Waals surface area (Å²) in [5, 5.41) is 0.683. The molecule has 0 amide bonds. The highest BCUT2D eigenvalue weighted by atomic mass is 35.5. The van der Waals surface area contributed by atoms with Crippen LogP contribution in [0.3, 0.4) is 0 Å². The number of methoxy groups -OCH3 is 1. The van der Waals surface area contributed by atoms with Crippen molar-refractivity contribution in [2.75, 3.05) is 13.7 Å². The molecule has 0 bridgehead atoms. The molecule has 0 N–H and O–H groups in total. The monoisotopic (exact) mass is 437 g/mol. The van der Waals surface area contributed by atoms with E-state index in [1.54, 1.807) is 13.3 Å². The van der Waals surface area contributed by atoms with Crippen LogP contribution in [0.25, 0.3) is 17.3 Å². The lowest BCUT2D eigenvalue weighted by atomic mass is 10.1. The van der Waals surface area contributed by atoms with Crippen LogP contribution in [-0.4, -0.2) is 28.3 Å². The second-order valence-corrected chi connectivity index (χ2v) is 7.38. The maximum atomic E-state index is 6.18. The van der Waals surface area contributed by atoms with E-state index < -0.39 is 0 Å². The third-order valence-electron chi connectivity index (χ3n) is 4.92. The molecule has 0 fully saturated rings. The molecule has 31 heavy (non-hydrogen) atoms. The molecule has 6 nitrogen and oxygen atoms in total. The van der Waals surface area contributed by atoms with Crippen molar-refractivity contribution < 1.29 is 13.9 Å². The highest BCUT2D eigenvalue weighted by molar-refractivity contribution is 6.30. The van der Waals surface area contributed by atoms with Crippen molar-refractivity contribution >= 4 is 11.6 Å². The van der Waals surface area contributed by atoms with E-state index in [2.05, 4.69) is 11.9 Å². The molecule has 0 radical (unpaired) electrons. The van der Waals surface area contributed by atoms with E-state index in [1.165, 1.54) is 0 Å². The zero-order chi connectivity index (χ0) is 21.6. The predicted octanol–water partition coefficient (Wildman–Crippen LogP) is 5.76. The lowest BCUT2D eigenvalue weighted by Crippen LogP contribution is -2.01. The van der Waals surface area contributed by atoms with Crippen LogP contribution >= 0.6 is 11.6 Å². The number of aryl methyl sites for hydroxylation is 2. The van der Waals surface area contributed by atoms with Gasteiger partial charge in [-0.15, -0.1) is 0 Å². The Labute approximate surface area is 186 Å². The highest BCUT2D eigenvalue weighted by Crippen LogP contribution is 2.29. The van der Waals surface area contributed by atoms with Crippen molar-refractivity contribution in [3.63, 3.8) is 0 Å². The maximum absolute atomic E-state index is 6.18. The molecule has 0 aliphatic rings. The Hall–Kier alpha value is -3.25. The second-order valence-electron chi connectivity index (χ2n) is 6.95. The van der Waals surface area contributed by atoms with Crippen molar-refractivity contribution in [3.05, 3.63) is 77.5 Å². The van der Waals surface area contributed by atoms with Gasteiger partial charge in [-0.1, -0.05) is 42.8 Å². The van der Waals surface area contributed by atoms with Gasteiger partial charge in [0.05, 0.1) is 13.7 Å². The molecular formula is C24H24ClN3O3. The first-order chi connectivity index (χ1) is 15.2. The quantitative estimate of drug-likeness (QED) is 0.311. The molecular weight excluding hydrogens is 414 g/mol. The molecule has 0 atom stereocenters. The number of halogens is 1. The standard InChI is InChI=1S/C24H24ClN3O3/c1-3-22-26-14-15-28(22)24-27-23(17-10-12-18(25)13-11-17)21(31-24)9-6-16-30-20-8-5-4-7-19(20)29-2/h4-5,7-8,10-15H,3,6,9,16H2,1-2H3. The van der Waals surface area contributed by atoms with E-state index in [4.69, 9.17) is 30.5 Å². The Morgan fingerprint density at radius 2 is 1.84 bits per heavy atom. The average Bonchev–Trinajstić information content (AvgIpc) is 3.44. The van der Waals surface area contributed by atoms with Crippen LogP contribution in [0.2, 0.25) is 5.02 Å². The normalized spacial score (nSPS) is 10.9. The van der Waals surface area contributed by atoms with Gasteiger partial charge in [0.1, 0.15) is 17.3 Å². The Bertz CT molecular complexity index is 1140. The lowest BCUT2D eigenvalue weighted by Gasteiger charge is -2.09. The van der Waals surface area contributed by atoms with E-state index in [1.807, 2.05) is 59.3 Å². The number of imidazole rings is 1. The van der Waals surface area contributed by atoms with Crippen LogP contribution < -0.4 is 9.47 Å². The fourth-order valence-electron chi connectivity index (χ4n) is 3.37. The number of rotatable bonds is 9. The minimum Gasteiger partial charge on any atom is -0.493 e. The molecule has 4 rings (SSSR count). The smallest absolute Gasteiger partial charge is 0.307 e. The number of para-hydroxylation sites is 2. The van der Waals surface area contributed by atoms with Gasteiger partial charge in [0, 0.05) is 35.8 Å². The molecule has 0 saturated carbocycles. The van der Waals surface area contributed by atoms with E-state index in [9.17, 15) is 0 Å². The number of hydrogen-bond acceptors (Lipinski definition) is 5. The van der Waals surface area contributed by atoms with Crippen molar-refractivity contribution in [1.29, 1.82) is 0 Å². The molecule has 160 valence electrons. The molecule has 0 saturated heterocycles. The summed E-state index contributed by atoms with van der Waals surface area (Å²) in [5.41, 5.74) is 1.76. The molecule has 2 aromatic heterocycles. The van der Waals surface area contributed by atoms with E-state index in [0.29, 0.717) is 24.1 Å². The van der Waals surface area contributed by atoms with Gasteiger partial charge in [-0.25, -0.2) is 4.98 Å². The van der Waals surface area contributed by atoms with Gasteiger partial charge in [0.25, 0.3) is 0 Å². The largest absolute Gasteiger partial charge is 0.493 e. The molecule has 0 aliphatic carbocycles. The third kappa shape index (κ3) is 4.75. The van der Waals surface area contributed by atoms with Crippen LogP contribution in [0, 0.1) is 0 Å². The van der Waals surface area contributed by atoms with Gasteiger partial charge in [0.15, 0.2) is 11.5 Å². The number of oxazole rings is 1. The van der Waals surface area contributed by atoms with Crippen molar-refractivity contribution in [3.8, 4) is 28.8 Å². The molecule has 2 heterocycles. The topological polar surface area (TPSA) is 62.3 Å². The highest BCUT2D eigenvalue weighted by Gasteiger charge is 2.18. The summed E-state index contributed by atoms with van der Waals surface area (Å²) in [6, 6.07) is 15.8. The summed E-state index contributed by atoms with van der Waals surface area (Å²) in [5.74, 6) is 3.15. The van der Waals surface area contributed by atoms with Gasteiger partial charge >= 0.3 is 6.01 Å². The summed E-state index contributed by atoms with van der Waals surface area (Å²) in [4.78, 5) is 9.15. The summed E-state index contributed by atoms with van der Waals surface area (Å²) >= 11 is 6.07. The number of ether oxygens (including phenoxy) is 2. The summed E-state index contributed by atoms with van der Waals surface area (Å²) < 4.78 is 19.3. The minimum absolute atomic E-state index is 0.514. The van der Waals surface area contributed by atoms with Gasteiger partial charge in [-0.3, -0.25) is 4.57 Å². The first-order valence-electron chi connectivity index (χ1n) is 10.2. The zero-order valence-corrected chi connectivity index (χ0v) is 18.3. The number of nitrogens with zero attached hydrogens (tertiary/aromatic N) is 3. The van der Waals surface area contributed by atoms with Gasteiger partial charge in [0.2, 0.25) is 0 Å². The Kier molecular flexibility index (Phi) is 6.57. The van der Waals surface area contributed by atoms with Crippen LogP contribution in [0.1, 0.15) is 24.9 Å². The fraction of sp³-hybridized carbons (Fsp3) is 0.250. The van der Waals surface area contributed by atoms with Crippen molar-refractivity contribution in [1.82, 2.24) is 14.5 Å². The zero-order valence-electron chi connectivity index (χ0n) is 17.5. The minimum atomic E-state index is 0.514. The van der Waals surface area contributed by atoms with Crippen molar-refractivity contribution in [2.24, 2.45) is 0 Å².